The Kier molecular flexibility index (Phi) is 5.27. The molecule has 1 aromatic heterocycles. The van der Waals surface area contributed by atoms with E-state index >= 15 is 0 Å². The minimum atomic E-state index is 0.0768. The molecule has 0 amide bonds. The van der Waals surface area contributed by atoms with Gasteiger partial charge in [0.1, 0.15) is 0 Å². The van der Waals surface area contributed by atoms with E-state index in [9.17, 15) is 0 Å². The summed E-state index contributed by atoms with van der Waals surface area (Å²) in [5.74, 6) is 0.771. The molecule has 3 heteroatoms. The Morgan fingerprint density at radius 2 is 1.11 bits per heavy atom. The summed E-state index contributed by atoms with van der Waals surface area (Å²) in [7, 11) is 0. The van der Waals surface area contributed by atoms with Gasteiger partial charge in [-0.1, -0.05) is 75.7 Å². The van der Waals surface area contributed by atoms with Gasteiger partial charge in [-0.3, -0.25) is 0 Å². The van der Waals surface area contributed by atoms with Crippen LogP contribution in [-0.4, -0.2) is 9.97 Å². The monoisotopic (exact) mass is 422 g/mol. The van der Waals surface area contributed by atoms with Gasteiger partial charge in [0.2, 0.25) is 0 Å². The van der Waals surface area contributed by atoms with Crippen LogP contribution in [0.3, 0.4) is 0 Å². The molecule has 0 unspecified atom stereocenters. The van der Waals surface area contributed by atoms with Crippen LogP contribution >= 0.6 is 15.9 Å². The predicted molar refractivity (Wildman–Crippen MR) is 118 cm³/mol. The Labute approximate surface area is 171 Å². The van der Waals surface area contributed by atoms with Crippen LogP contribution in [-0.2, 0) is 10.8 Å². The van der Waals surface area contributed by atoms with E-state index in [0.717, 1.165) is 27.0 Å². The normalized spacial score (nSPS) is 12.3. The molecule has 0 spiro atoms. The summed E-state index contributed by atoms with van der Waals surface area (Å²) < 4.78 is 1.07. The lowest BCUT2D eigenvalue weighted by molar-refractivity contribution is 0.569. The number of halogens is 1. The van der Waals surface area contributed by atoms with Crippen LogP contribution in [0.2, 0.25) is 0 Å². The first-order valence-corrected chi connectivity index (χ1v) is 10.1. The third-order valence-corrected chi connectivity index (χ3v) is 5.28. The Bertz CT molecular complexity index is 896. The van der Waals surface area contributed by atoms with Crippen molar-refractivity contribution < 1.29 is 0 Å². The fourth-order valence-electron chi connectivity index (χ4n) is 2.89. The highest BCUT2D eigenvalue weighted by molar-refractivity contribution is 9.10. The van der Waals surface area contributed by atoms with Crippen LogP contribution in [0.25, 0.3) is 22.5 Å². The van der Waals surface area contributed by atoms with E-state index in [1.807, 2.05) is 24.5 Å². The van der Waals surface area contributed by atoms with Crippen molar-refractivity contribution in [3.05, 3.63) is 70.5 Å². The topological polar surface area (TPSA) is 25.8 Å². The number of benzene rings is 2. The third kappa shape index (κ3) is 4.65. The van der Waals surface area contributed by atoms with Gasteiger partial charge in [0, 0.05) is 28.0 Å². The quantitative estimate of drug-likeness (QED) is 0.437. The highest BCUT2D eigenvalue weighted by atomic mass is 79.9. The zero-order chi connectivity index (χ0) is 19.8. The van der Waals surface area contributed by atoms with Crippen molar-refractivity contribution in [1.29, 1.82) is 0 Å². The molecule has 0 fully saturated rings. The summed E-state index contributed by atoms with van der Waals surface area (Å²) in [6, 6.07) is 15.0. The molecule has 0 saturated heterocycles. The van der Waals surface area contributed by atoms with E-state index in [-0.39, 0.29) is 10.8 Å². The maximum absolute atomic E-state index is 4.67. The summed E-state index contributed by atoms with van der Waals surface area (Å²) in [5, 5.41) is 0. The van der Waals surface area contributed by atoms with Gasteiger partial charge in [-0.15, -0.1) is 0 Å². The van der Waals surface area contributed by atoms with Crippen LogP contribution in [0.1, 0.15) is 52.7 Å². The van der Waals surface area contributed by atoms with E-state index in [1.54, 1.807) is 0 Å². The van der Waals surface area contributed by atoms with Crippen LogP contribution < -0.4 is 0 Å². The number of rotatable bonds is 2. The SMILES string of the molecule is CC(C)(C)c1cc(-c2ncc(-c3ccc(Br)cc3)cn2)cc(C(C)(C)C)c1. The van der Waals surface area contributed by atoms with Gasteiger partial charge in [-0.25, -0.2) is 9.97 Å². The Balaban J connectivity index is 2.04. The molecule has 0 aliphatic heterocycles. The molecular formula is C24H27BrN2. The van der Waals surface area contributed by atoms with Crippen molar-refractivity contribution >= 4 is 15.9 Å². The minimum absolute atomic E-state index is 0.0768. The third-order valence-electron chi connectivity index (χ3n) is 4.75. The Morgan fingerprint density at radius 1 is 0.630 bits per heavy atom. The Morgan fingerprint density at radius 3 is 1.56 bits per heavy atom. The van der Waals surface area contributed by atoms with Gasteiger partial charge >= 0.3 is 0 Å². The van der Waals surface area contributed by atoms with Crippen molar-refractivity contribution in [1.82, 2.24) is 9.97 Å². The zero-order valence-electron chi connectivity index (χ0n) is 17.0. The van der Waals surface area contributed by atoms with Gasteiger partial charge < -0.3 is 0 Å². The van der Waals surface area contributed by atoms with Crippen molar-refractivity contribution in [2.24, 2.45) is 0 Å². The smallest absolute Gasteiger partial charge is 0.159 e. The summed E-state index contributed by atoms with van der Waals surface area (Å²) in [5.41, 5.74) is 5.99. The maximum Gasteiger partial charge on any atom is 0.159 e. The van der Waals surface area contributed by atoms with Gasteiger partial charge in [-0.2, -0.15) is 0 Å². The molecule has 140 valence electrons. The number of nitrogens with zero attached hydrogens (tertiary/aromatic N) is 2. The molecule has 2 aromatic carbocycles. The minimum Gasteiger partial charge on any atom is -0.236 e. The molecule has 0 aliphatic carbocycles. The van der Waals surface area contributed by atoms with Crippen molar-refractivity contribution in [2.75, 3.05) is 0 Å². The van der Waals surface area contributed by atoms with E-state index in [1.165, 1.54) is 11.1 Å². The lowest BCUT2D eigenvalue weighted by atomic mass is 9.79. The number of aromatic nitrogens is 2. The van der Waals surface area contributed by atoms with Gasteiger partial charge in [0.25, 0.3) is 0 Å². The molecule has 3 rings (SSSR count). The second kappa shape index (κ2) is 7.20. The second-order valence-corrected chi connectivity index (χ2v) is 10.0. The zero-order valence-corrected chi connectivity index (χ0v) is 18.6. The second-order valence-electron chi connectivity index (χ2n) is 9.10. The van der Waals surface area contributed by atoms with E-state index in [2.05, 4.69) is 97.8 Å². The standard InChI is InChI=1S/C24H27BrN2/c1-23(2,3)19-11-17(12-20(13-19)24(4,5)6)22-26-14-18(15-27-22)16-7-9-21(25)10-8-16/h7-15H,1-6H3. The molecule has 1 heterocycles. The van der Waals surface area contributed by atoms with Crippen molar-refractivity contribution in [3.8, 4) is 22.5 Å². The maximum atomic E-state index is 4.67. The fourth-order valence-corrected chi connectivity index (χ4v) is 3.16. The number of hydrogen-bond acceptors (Lipinski definition) is 2. The first-order chi connectivity index (χ1) is 12.5. The fraction of sp³-hybridized carbons (Fsp3) is 0.333. The van der Waals surface area contributed by atoms with Crippen LogP contribution in [0.15, 0.2) is 59.3 Å². The summed E-state index contributed by atoms with van der Waals surface area (Å²) >= 11 is 3.47. The van der Waals surface area contributed by atoms with Crippen molar-refractivity contribution in [3.63, 3.8) is 0 Å². The lowest BCUT2D eigenvalue weighted by Crippen LogP contribution is -2.16. The van der Waals surface area contributed by atoms with E-state index in [4.69, 9.17) is 0 Å². The first-order valence-electron chi connectivity index (χ1n) is 9.28. The van der Waals surface area contributed by atoms with E-state index < -0.39 is 0 Å². The molecule has 2 nitrogen and oxygen atoms in total. The van der Waals surface area contributed by atoms with Crippen LogP contribution in [0, 0.1) is 0 Å². The van der Waals surface area contributed by atoms with Crippen LogP contribution in [0.5, 0.6) is 0 Å². The van der Waals surface area contributed by atoms with Crippen LogP contribution in [0.4, 0.5) is 0 Å². The molecule has 0 saturated carbocycles. The Hall–Kier alpha value is -2.00. The highest BCUT2D eigenvalue weighted by Gasteiger charge is 2.21. The lowest BCUT2D eigenvalue weighted by Gasteiger charge is -2.26. The predicted octanol–water partition coefficient (Wildman–Crippen LogP) is 7.17. The summed E-state index contributed by atoms with van der Waals surface area (Å²) in [6.07, 6.45) is 3.82. The largest absolute Gasteiger partial charge is 0.236 e. The number of hydrogen-bond donors (Lipinski definition) is 0. The van der Waals surface area contributed by atoms with Crippen molar-refractivity contribution in [2.45, 2.75) is 52.4 Å². The van der Waals surface area contributed by atoms with Gasteiger partial charge in [0.05, 0.1) is 0 Å². The molecule has 0 atom stereocenters. The molecular weight excluding hydrogens is 396 g/mol. The van der Waals surface area contributed by atoms with E-state index in [0.29, 0.717) is 0 Å². The van der Waals surface area contributed by atoms with Gasteiger partial charge in [-0.05, 0) is 51.8 Å². The molecule has 27 heavy (non-hydrogen) atoms. The molecule has 0 aliphatic rings. The molecule has 0 radical (unpaired) electrons. The highest BCUT2D eigenvalue weighted by Crippen LogP contribution is 2.33. The summed E-state index contributed by atoms with van der Waals surface area (Å²) in [6.45, 7) is 13.5. The molecule has 0 bridgehead atoms. The van der Waals surface area contributed by atoms with Gasteiger partial charge in [0.15, 0.2) is 5.82 Å². The average Bonchev–Trinajstić information content (AvgIpc) is 2.61. The first kappa shape index (κ1) is 19.8. The average molecular weight is 423 g/mol. The summed E-state index contributed by atoms with van der Waals surface area (Å²) in [4.78, 5) is 9.34. The molecule has 0 N–H and O–H groups in total. The molecule has 3 aromatic rings.